The minimum Gasteiger partial charge on any atom is -0.480 e. The van der Waals surface area contributed by atoms with E-state index in [1.54, 1.807) is 6.20 Å². The van der Waals surface area contributed by atoms with E-state index in [4.69, 9.17) is 5.11 Å². The maximum Gasteiger partial charge on any atom is 0.327 e. The zero-order chi connectivity index (χ0) is 14.1. The van der Waals surface area contributed by atoms with Crippen LogP contribution in [-0.4, -0.2) is 48.9 Å². The molecule has 1 atom stereocenters. The Kier molecular flexibility index (Phi) is 3.35. The summed E-state index contributed by atoms with van der Waals surface area (Å²) in [6.45, 7) is 0. The van der Waals surface area contributed by atoms with Gasteiger partial charge in [-0.25, -0.2) is 9.78 Å². The smallest absolute Gasteiger partial charge is 0.327 e. The van der Waals surface area contributed by atoms with Crippen LogP contribution in [0.15, 0.2) is 30.6 Å². The molecule has 1 saturated heterocycles. The minimum atomic E-state index is -0.946. The quantitative estimate of drug-likeness (QED) is 0.908. The van der Waals surface area contributed by atoms with Crippen molar-refractivity contribution in [1.29, 1.82) is 0 Å². The zero-order valence-electron chi connectivity index (χ0n) is 10.6. The van der Waals surface area contributed by atoms with Crippen LogP contribution in [0.25, 0.3) is 5.65 Å². The number of imidazole rings is 1. The van der Waals surface area contributed by atoms with Crippen molar-refractivity contribution in [3.8, 4) is 0 Å². The van der Waals surface area contributed by atoms with Gasteiger partial charge in [-0.2, -0.15) is 0 Å². The van der Waals surface area contributed by atoms with Crippen LogP contribution in [0.5, 0.6) is 0 Å². The Morgan fingerprint density at radius 3 is 3.05 bits per heavy atom. The third-order valence-electron chi connectivity index (χ3n) is 3.23. The largest absolute Gasteiger partial charge is 0.480 e. The predicted octanol–water partition coefficient (Wildman–Crippen LogP) is 0.863. The fraction of sp³-hybridized carbons (Fsp3) is 0.308. The molecule has 0 aromatic carbocycles. The third kappa shape index (κ3) is 2.36. The second kappa shape index (κ2) is 5.16. The lowest BCUT2D eigenvalue weighted by atomic mass is 10.2. The summed E-state index contributed by atoms with van der Waals surface area (Å²) in [5.74, 6) is -0.251. The molecule has 3 heterocycles. The fourth-order valence-electron chi connectivity index (χ4n) is 2.22. The van der Waals surface area contributed by atoms with Crippen LogP contribution in [0.2, 0.25) is 0 Å². The van der Waals surface area contributed by atoms with Crippen molar-refractivity contribution in [2.75, 3.05) is 11.6 Å². The molecule has 20 heavy (non-hydrogen) atoms. The number of carboxylic acid groups (broad SMARTS) is 1. The first-order valence-corrected chi connectivity index (χ1v) is 7.33. The molecule has 1 aliphatic heterocycles. The number of hydrogen-bond donors (Lipinski definition) is 1. The second-order valence-corrected chi connectivity index (χ2v) is 5.59. The van der Waals surface area contributed by atoms with E-state index in [-0.39, 0.29) is 12.3 Å². The molecule has 6 nitrogen and oxygen atoms in total. The highest BCUT2D eigenvalue weighted by Crippen LogP contribution is 2.22. The molecule has 1 N–H and O–H groups in total. The van der Waals surface area contributed by atoms with Crippen molar-refractivity contribution >= 4 is 29.3 Å². The number of hydrogen-bond acceptors (Lipinski definition) is 4. The van der Waals surface area contributed by atoms with E-state index < -0.39 is 12.0 Å². The predicted molar refractivity (Wildman–Crippen MR) is 74.5 cm³/mol. The fourth-order valence-corrected chi connectivity index (χ4v) is 3.39. The van der Waals surface area contributed by atoms with E-state index >= 15 is 0 Å². The maximum atomic E-state index is 12.2. The van der Waals surface area contributed by atoms with Gasteiger partial charge >= 0.3 is 5.97 Å². The van der Waals surface area contributed by atoms with Gasteiger partial charge in [0.1, 0.15) is 11.7 Å². The van der Waals surface area contributed by atoms with Gasteiger partial charge in [0.2, 0.25) is 5.91 Å². The van der Waals surface area contributed by atoms with E-state index in [2.05, 4.69) is 4.98 Å². The topological polar surface area (TPSA) is 74.9 Å². The molecule has 1 amide bonds. The van der Waals surface area contributed by atoms with Gasteiger partial charge in [0.15, 0.2) is 0 Å². The number of fused-ring (bicyclic) bond motifs is 1. The maximum absolute atomic E-state index is 12.2. The van der Waals surface area contributed by atoms with Gasteiger partial charge < -0.3 is 14.4 Å². The van der Waals surface area contributed by atoms with Gasteiger partial charge in [-0.1, -0.05) is 6.07 Å². The standard InChI is InChI=1S/C13H13N3O3S/c17-12(16-8-20-7-10(16)13(18)19)5-9-6-15-4-2-1-3-11(15)14-9/h1-4,6,10H,5,7-8H2,(H,18,19)/t10-/m0/s1. The first kappa shape index (κ1) is 13.0. The van der Waals surface area contributed by atoms with Gasteiger partial charge in [0.25, 0.3) is 0 Å². The molecular formula is C13H13N3O3S. The van der Waals surface area contributed by atoms with Gasteiger partial charge in [0.05, 0.1) is 18.0 Å². The summed E-state index contributed by atoms with van der Waals surface area (Å²) < 4.78 is 1.84. The molecule has 1 fully saturated rings. The third-order valence-corrected chi connectivity index (χ3v) is 4.25. The highest BCUT2D eigenvalue weighted by atomic mass is 32.2. The second-order valence-electron chi connectivity index (χ2n) is 4.59. The highest BCUT2D eigenvalue weighted by Gasteiger charge is 2.34. The van der Waals surface area contributed by atoms with Gasteiger partial charge in [-0.3, -0.25) is 4.79 Å². The molecule has 0 radical (unpaired) electrons. The first-order valence-electron chi connectivity index (χ1n) is 6.18. The average molecular weight is 291 g/mol. The number of thioether (sulfide) groups is 1. The first-order chi connectivity index (χ1) is 9.65. The molecule has 2 aromatic heterocycles. The van der Waals surface area contributed by atoms with Crippen LogP contribution in [0.1, 0.15) is 5.69 Å². The van der Waals surface area contributed by atoms with E-state index in [0.29, 0.717) is 17.3 Å². The number of pyridine rings is 1. The van der Waals surface area contributed by atoms with E-state index in [9.17, 15) is 9.59 Å². The lowest BCUT2D eigenvalue weighted by Gasteiger charge is -2.19. The van der Waals surface area contributed by atoms with E-state index in [0.717, 1.165) is 5.65 Å². The van der Waals surface area contributed by atoms with Crippen LogP contribution in [0, 0.1) is 0 Å². The van der Waals surface area contributed by atoms with Crippen LogP contribution in [0.4, 0.5) is 0 Å². The Morgan fingerprint density at radius 1 is 1.45 bits per heavy atom. The van der Waals surface area contributed by atoms with Crippen molar-refractivity contribution in [2.24, 2.45) is 0 Å². The zero-order valence-corrected chi connectivity index (χ0v) is 11.4. The molecule has 2 aromatic rings. The summed E-state index contributed by atoms with van der Waals surface area (Å²) in [5.41, 5.74) is 1.43. The SMILES string of the molecule is O=C(O)[C@@H]1CSCN1C(=O)Cc1cn2ccccc2n1. The monoisotopic (exact) mass is 291 g/mol. The number of carboxylic acids is 1. The summed E-state index contributed by atoms with van der Waals surface area (Å²) in [6.07, 6.45) is 3.79. The van der Waals surface area contributed by atoms with Gasteiger partial charge in [-0.15, -0.1) is 11.8 Å². The molecule has 0 unspecified atom stereocenters. The Hall–Kier alpha value is -2.02. The van der Waals surface area contributed by atoms with Gasteiger partial charge in [0, 0.05) is 18.1 Å². The molecule has 0 spiro atoms. The summed E-state index contributed by atoms with van der Waals surface area (Å²) in [4.78, 5) is 29.1. The van der Waals surface area contributed by atoms with Crippen molar-refractivity contribution in [1.82, 2.24) is 14.3 Å². The Balaban J connectivity index is 1.76. The Bertz CT molecular complexity index is 637. The van der Waals surface area contributed by atoms with Crippen molar-refractivity contribution in [3.05, 3.63) is 36.3 Å². The average Bonchev–Trinajstić information content (AvgIpc) is 3.04. The number of rotatable bonds is 3. The van der Waals surface area contributed by atoms with Crippen molar-refractivity contribution in [3.63, 3.8) is 0 Å². The van der Waals surface area contributed by atoms with Crippen LogP contribution < -0.4 is 0 Å². The van der Waals surface area contributed by atoms with E-state index in [1.807, 2.05) is 28.8 Å². The summed E-state index contributed by atoms with van der Waals surface area (Å²) in [5, 5.41) is 9.09. The number of nitrogens with zero attached hydrogens (tertiary/aromatic N) is 3. The number of carbonyl (C=O) groups excluding carboxylic acids is 1. The molecule has 0 saturated carbocycles. The Labute approximate surface area is 119 Å². The van der Waals surface area contributed by atoms with E-state index in [1.165, 1.54) is 16.7 Å². The number of aromatic nitrogens is 2. The number of amides is 1. The minimum absolute atomic E-state index is 0.131. The Morgan fingerprint density at radius 2 is 2.30 bits per heavy atom. The lowest BCUT2D eigenvalue weighted by Crippen LogP contribution is -2.42. The molecule has 0 aliphatic carbocycles. The molecule has 1 aliphatic rings. The van der Waals surface area contributed by atoms with Crippen molar-refractivity contribution < 1.29 is 14.7 Å². The van der Waals surface area contributed by atoms with Crippen LogP contribution >= 0.6 is 11.8 Å². The summed E-state index contributed by atoms with van der Waals surface area (Å²) in [7, 11) is 0. The summed E-state index contributed by atoms with van der Waals surface area (Å²) >= 11 is 1.46. The van der Waals surface area contributed by atoms with Gasteiger partial charge in [-0.05, 0) is 12.1 Å². The molecule has 0 bridgehead atoms. The normalized spacial score (nSPS) is 18.6. The van der Waals surface area contributed by atoms with Crippen molar-refractivity contribution in [2.45, 2.75) is 12.5 Å². The van der Waals surface area contributed by atoms with Crippen LogP contribution in [-0.2, 0) is 16.0 Å². The lowest BCUT2D eigenvalue weighted by molar-refractivity contribution is -0.147. The highest BCUT2D eigenvalue weighted by molar-refractivity contribution is 7.99. The molecule has 7 heteroatoms. The number of aliphatic carboxylic acids is 1. The molecule has 3 rings (SSSR count). The van der Waals surface area contributed by atoms with Crippen LogP contribution in [0.3, 0.4) is 0 Å². The summed E-state index contributed by atoms with van der Waals surface area (Å²) in [6, 6.07) is 4.91. The molecule has 104 valence electrons. The molecular weight excluding hydrogens is 278 g/mol. The number of carbonyl (C=O) groups is 2.